The lowest BCUT2D eigenvalue weighted by Crippen LogP contribution is -2.16. The zero-order chi connectivity index (χ0) is 11.4. The van der Waals surface area contributed by atoms with E-state index in [1.165, 1.54) is 0 Å². The van der Waals surface area contributed by atoms with E-state index in [1.54, 1.807) is 12.4 Å². The van der Waals surface area contributed by atoms with Gasteiger partial charge in [0.05, 0.1) is 0 Å². The Labute approximate surface area is 99.1 Å². The van der Waals surface area contributed by atoms with Crippen molar-refractivity contribution in [3.05, 3.63) is 24.5 Å². The van der Waals surface area contributed by atoms with Gasteiger partial charge in [-0.25, -0.2) is 9.97 Å². The summed E-state index contributed by atoms with van der Waals surface area (Å²) in [6, 6.07) is 4.12. The second-order valence-electron chi connectivity index (χ2n) is 3.62. The molecule has 1 N–H and O–H groups in total. The molecule has 2 aromatic rings. The quantitative estimate of drug-likeness (QED) is 0.829. The summed E-state index contributed by atoms with van der Waals surface area (Å²) in [7, 11) is 0. The second kappa shape index (κ2) is 5.07. The van der Waals surface area contributed by atoms with Crippen LogP contribution in [0.15, 0.2) is 24.5 Å². The van der Waals surface area contributed by atoms with E-state index in [4.69, 9.17) is 11.6 Å². The largest absolute Gasteiger partial charge is 0.368 e. The molecule has 84 valence electrons. The summed E-state index contributed by atoms with van der Waals surface area (Å²) < 4.78 is 0. The smallest absolute Gasteiger partial charge is 0.180 e. The van der Waals surface area contributed by atoms with Crippen molar-refractivity contribution in [1.29, 1.82) is 0 Å². The SMILES string of the molecule is CC(CCCl)Nc1ccc2nccnc2n1. The first kappa shape index (κ1) is 11.1. The van der Waals surface area contributed by atoms with Gasteiger partial charge in [-0.15, -0.1) is 11.6 Å². The Balaban J connectivity index is 2.19. The molecule has 0 aliphatic heterocycles. The van der Waals surface area contributed by atoms with Crippen molar-refractivity contribution in [3.8, 4) is 0 Å². The number of fused-ring (bicyclic) bond motifs is 1. The summed E-state index contributed by atoms with van der Waals surface area (Å²) in [4.78, 5) is 12.7. The average Bonchev–Trinajstić information content (AvgIpc) is 2.29. The Morgan fingerprint density at radius 3 is 2.94 bits per heavy atom. The van der Waals surface area contributed by atoms with Crippen LogP contribution in [-0.2, 0) is 0 Å². The summed E-state index contributed by atoms with van der Waals surface area (Å²) in [5.74, 6) is 1.45. The van der Waals surface area contributed by atoms with Gasteiger partial charge >= 0.3 is 0 Å². The molecule has 0 bridgehead atoms. The summed E-state index contributed by atoms with van der Waals surface area (Å²) in [6.45, 7) is 2.07. The van der Waals surface area contributed by atoms with E-state index >= 15 is 0 Å². The molecule has 4 nitrogen and oxygen atoms in total. The molecule has 0 aliphatic rings. The van der Waals surface area contributed by atoms with E-state index in [0.717, 1.165) is 17.8 Å². The van der Waals surface area contributed by atoms with Crippen LogP contribution < -0.4 is 5.32 Å². The summed E-state index contributed by atoms with van der Waals surface area (Å²) >= 11 is 5.67. The number of rotatable bonds is 4. The van der Waals surface area contributed by atoms with Crippen molar-refractivity contribution >= 4 is 28.6 Å². The lowest BCUT2D eigenvalue weighted by Gasteiger charge is -2.12. The molecule has 1 atom stereocenters. The fourth-order valence-corrected chi connectivity index (χ4v) is 1.75. The van der Waals surface area contributed by atoms with E-state index in [0.29, 0.717) is 17.6 Å². The second-order valence-corrected chi connectivity index (χ2v) is 4.00. The van der Waals surface area contributed by atoms with Gasteiger partial charge in [0.15, 0.2) is 5.65 Å². The Bertz CT molecular complexity index is 474. The number of alkyl halides is 1. The molecule has 2 aromatic heterocycles. The molecule has 0 saturated heterocycles. The highest BCUT2D eigenvalue weighted by molar-refractivity contribution is 6.17. The lowest BCUT2D eigenvalue weighted by atomic mass is 10.2. The molecule has 0 amide bonds. The van der Waals surface area contributed by atoms with Crippen LogP contribution in [0.3, 0.4) is 0 Å². The molecule has 0 aliphatic carbocycles. The number of nitrogens with one attached hydrogen (secondary N) is 1. The van der Waals surface area contributed by atoms with Crippen LogP contribution in [0.4, 0.5) is 5.82 Å². The van der Waals surface area contributed by atoms with Gasteiger partial charge in [-0.1, -0.05) is 0 Å². The number of hydrogen-bond acceptors (Lipinski definition) is 4. The van der Waals surface area contributed by atoms with Crippen LogP contribution >= 0.6 is 11.6 Å². The van der Waals surface area contributed by atoms with Crippen LogP contribution in [0, 0.1) is 0 Å². The third-order valence-electron chi connectivity index (χ3n) is 2.27. The van der Waals surface area contributed by atoms with Crippen LogP contribution in [0.1, 0.15) is 13.3 Å². The van der Waals surface area contributed by atoms with Gasteiger partial charge in [-0.2, -0.15) is 0 Å². The van der Waals surface area contributed by atoms with Gasteiger partial charge in [-0.05, 0) is 25.5 Å². The van der Waals surface area contributed by atoms with E-state index in [1.807, 2.05) is 12.1 Å². The standard InChI is InChI=1S/C11H13ClN4/c1-8(4-5-12)15-10-3-2-9-11(16-10)14-7-6-13-9/h2-3,6-8H,4-5H2,1H3,(H,14,15,16). The third kappa shape index (κ3) is 2.58. The average molecular weight is 237 g/mol. The molecule has 5 heteroatoms. The monoisotopic (exact) mass is 236 g/mol. The molecule has 2 rings (SSSR count). The first-order chi connectivity index (χ1) is 7.79. The predicted molar refractivity (Wildman–Crippen MR) is 65.8 cm³/mol. The number of pyridine rings is 1. The third-order valence-corrected chi connectivity index (χ3v) is 2.49. The number of hydrogen-bond donors (Lipinski definition) is 1. The molecule has 1 unspecified atom stereocenters. The van der Waals surface area contributed by atoms with Crippen LogP contribution in [0.2, 0.25) is 0 Å². The van der Waals surface area contributed by atoms with Gasteiger partial charge < -0.3 is 5.32 Å². The fourth-order valence-electron chi connectivity index (χ4n) is 1.42. The maximum atomic E-state index is 5.67. The van der Waals surface area contributed by atoms with Crippen LogP contribution in [-0.4, -0.2) is 26.9 Å². The van der Waals surface area contributed by atoms with Crippen molar-refractivity contribution < 1.29 is 0 Å². The molecule has 16 heavy (non-hydrogen) atoms. The minimum Gasteiger partial charge on any atom is -0.368 e. The van der Waals surface area contributed by atoms with Crippen LogP contribution in [0.25, 0.3) is 11.2 Å². The maximum Gasteiger partial charge on any atom is 0.180 e. The zero-order valence-corrected chi connectivity index (χ0v) is 9.78. The zero-order valence-electron chi connectivity index (χ0n) is 9.02. The van der Waals surface area contributed by atoms with E-state index in [9.17, 15) is 0 Å². The highest BCUT2D eigenvalue weighted by atomic mass is 35.5. The van der Waals surface area contributed by atoms with Crippen molar-refractivity contribution in [1.82, 2.24) is 15.0 Å². The van der Waals surface area contributed by atoms with E-state index in [2.05, 4.69) is 27.2 Å². The molecule has 0 radical (unpaired) electrons. The first-order valence-electron chi connectivity index (χ1n) is 5.20. The normalized spacial score (nSPS) is 12.6. The maximum absolute atomic E-state index is 5.67. The van der Waals surface area contributed by atoms with E-state index < -0.39 is 0 Å². The van der Waals surface area contributed by atoms with Gasteiger partial charge in [0, 0.05) is 24.3 Å². The van der Waals surface area contributed by atoms with Gasteiger partial charge in [0.1, 0.15) is 11.3 Å². The molecular weight excluding hydrogens is 224 g/mol. The number of anilines is 1. The minimum atomic E-state index is 0.305. The van der Waals surface area contributed by atoms with Gasteiger partial charge in [0.2, 0.25) is 0 Å². The van der Waals surface area contributed by atoms with Crippen LogP contribution in [0.5, 0.6) is 0 Å². The van der Waals surface area contributed by atoms with Gasteiger partial charge in [-0.3, -0.25) is 4.98 Å². The molecule has 0 fully saturated rings. The van der Waals surface area contributed by atoms with Crippen molar-refractivity contribution in [2.24, 2.45) is 0 Å². The summed E-state index contributed by atoms with van der Waals surface area (Å²) in [5.41, 5.74) is 1.46. The number of aromatic nitrogens is 3. The van der Waals surface area contributed by atoms with Crippen molar-refractivity contribution in [3.63, 3.8) is 0 Å². The predicted octanol–water partition coefficient (Wildman–Crippen LogP) is 2.45. The lowest BCUT2D eigenvalue weighted by molar-refractivity contribution is 0.764. The summed E-state index contributed by atoms with van der Waals surface area (Å²) in [5, 5.41) is 3.27. The molecule has 0 spiro atoms. The Morgan fingerprint density at radius 2 is 2.12 bits per heavy atom. The highest BCUT2D eigenvalue weighted by Gasteiger charge is 2.03. The number of halogens is 1. The molecule has 2 heterocycles. The van der Waals surface area contributed by atoms with E-state index in [-0.39, 0.29) is 0 Å². The minimum absolute atomic E-state index is 0.305. The Kier molecular flexibility index (Phi) is 3.51. The number of nitrogens with zero attached hydrogens (tertiary/aromatic N) is 3. The molecule has 0 aromatic carbocycles. The fraction of sp³-hybridized carbons (Fsp3) is 0.364. The first-order valence-corrected chi connectivity index (χ1v) is 5.73. The van der Waals surface area contributed by atoms with Gasteiger partial charge in [0.25, 0.3) is 0 Å². The Morgan fingerprint density at radius 1 is 1.31 bits per heavy atom. The summed E-state index contributed by atoms with van der Waals surface area (Å²) in [6.07, 6.45) is 4.20. The molecule has 0 saturated carbocycles. The molecular formula is C11H13ClN4. The highest BCUT2D eigenvalue weighted by Crippen LogP contribution is 2.11. The van der Waals surface area contributed by atoms with Crippen molar-refractivity contribution in [2.75, 3.05) is 11.2 Å². The Hall–Kier alpha value is -1.42. The van der Waals surface area contributed by atoms with Crippen molar-refractivity contribution in [2.45, 2.75) is 19.4 Å². The topological polar surface area (TPSA) is 50.7 Å².